The van der Waals surface area contributed by atoms with Crippen molar-refractivity contribution in [1.29, 1.82) is 0 Å². The molecule has 0 saturated carbocycles. The molecule has 0 unspecified atom stereocenters. The molecule has 0 aliphatic carbocycles. The van der Waals surface area contributed by atoms with Crippen LogP contribution in [0.25, 0.3) is 22.1 Å². The molecule has 3 aromatic carbocycles. The van der Waals surface area contributed by atoms with Crippen LogP contribution in [-0.2, 0) is 0 Å². The van der Waals surface area contributed by atoms with Crippen LogP contribution in [0.2, 0.25) is 5.02 Å². The fourth-order valence-electron chi connectivity index (χ4n) is 2.98. The van der Waals surface area contributed by atoms with Gasteiger partial charge in [-0.2, -0.15) is 0 Å². The zero-order valence-corrected chi connectivity index (χ0v) is 15.5. The van der Waals surface area contributed by atoms with Crippen LogP contribution in [0.15, 0.2) is 88.1 Å². The number of hydrogen-bond acceptors (Lipinski definition) is 4. The number of carbonyl (C=O) groups is 1. The molecule has 0 amide bonds. The average Bonchev–Trinajstić information content (AvgIpc) is 2.73. The molecule has 0 spiro atoms. The van der Waals surface area contributed by atoms with Crippen molar-refractivity contribution in [1.82, 2.24) is 0 Å². The van der Waals surface area contributed by atoms with Gasteiger partial charge >= 0.3 is 5.63 Å². The maximum absolute atomic E-state index is 12.2. The Morgan fingerprint density at radius 3 is 2.32 bits per heavy atom. The minimum Gasteiger partial charge on any atom is -0.484 e. The van der Waals surface area contributed by atoms with Gasteiger partial charge in [0.15, 0.2) is 12.4 Å². The quantitative estimate of drug-likeness (QED) is 0.339. The lowest BCUT2D eigenvalue weighted by Gasteiger charge is -2.11. The number of carbonyl (C=O) groups excluding carboxylic acids is 1. The van der Waals surface area contributed by atoms with Crippen molar-refractivity contribution >= 4 is 28.4 Å². The molecule has 0 aliphatic heterocycles. The first-order chi connectivity index (χ1) is 13.6. The molecule has 5 heteroatoms. The van der Waals surface area contributed by atoms with E-state index in [-0.39, 0.29) is 18.1 Å². The Balaban J connectivity index is 1.69. The van der Waals surface area contributed by atoms with Crippen LogP contribution in [-0.4, -0.2) is 12.4 Å². The van der Waals surface area contributed by atoms with Crippen molar-refractivity contribution in [2.24, 2.45) is 0 Å². The second kappa shape index (κ2) is 7.71. The van der Waals surface area contributed by atoms with Crippen LogP contribution in [0.1, 0.15) is 10.4 Å². The summed E-state index contributed by atoms with van der Waals surface area (Å²) in [6.45, 7) is -0.169. The number of fused-ring (bicyclic) bond motifs is 1. The molecule has 138 valence electrons. The maximum atomic E-state index is 12.2. The molecule has 0 saturated heterocycles. The van der Waals surface area contributed by atoms with Crippen LogP contribution >= 0.6 is 11.6 Å². The highest BCUT2D eigenvalue weighted by molar-refractivity contribution is 6.33. The monoisotopic (exact) mass is 390 g/mol. The highest BCUT2D eigenvalue weighted by Crippen LogP contribution is 2.34. The van der Waals surface area contributed by atoms with E-state index in [1.54, 1.807) is 36.4 Å². The third-order valence-electron chi connectivity index (χ3n) is 4.34. The molecular formula is C23H15ClO4. The van der Waals surface area contributed by atoms with Crippen molar-refractivity contribution < 1.29 is 13.9 Å². The average molecular weight is 391 g/mol. The fraction of sp³-hybridized carbons (Fsp3) is 0.0435. The molecule has 0 fully saturated rings. The molecule has 28 heavy (non-hydrogen) atoms. The van der Waals surface area contributed by atoms with Crippen LogP contribution in [0.5, 0.6) is 5.75 Å². The number of ether oxygens (including phenoxy) is 1. The third kappa shape index (κ3) is 3.68. The molecule has 0 atom stereocenters. The van der Waals surface area contributed by atoms with Gasteiger partial charge in [0, 0.05) is 23.1 Å². The lowest BCUT2D eigenvalue weighted by molar-refractivity contribution is 0.0921. The topological polar surface area (TPSA) is 56.5 Å². The van der Waals surface area contributed by atoms with Crippen molar-refractivity contribution in [3.8, 4) is 16.9 Å². The van der Waals surface area contributed by atoms with Crippen LogP contribution in [0.3, 0.4) is 0 Å². The Kier molecular flexibility index (Phi) is 4.96. The number of Topliss-reactive ketones (excluding diaryl/α,β-unsaturated/α-hetero) is 1. The number of benzene rings is 3. The molecule has 0 aliphatic rings. The summed E-state index contributed by atoms with van der Waals surface area (Å²) >= 11 is 6.38. The van der Waals surface area contributed by atoms with Crippen molar-refractivity contribution in [3.05, 3.63) is 99.9 Å². The summed E-state index contributed by atoms with van der Waals surface area (Å²) in [7, 11) is 0. The van der Waals surface area contributed by atoms with Crippen LogP contribution in [0, 0.1) is 0 Å². The lowest BCUT2D eigenvalue weighted by Crippen LogP contribution is -2.11. The highest BCUT2D eigenvalue weighted by atomic mass is 35.5. The Morgan fingerprint density at radius 1 is 0.929 bits per heavy atom. The molecule has 4 rings (SSSR count). The molecule has 4 aromatic rings. The van der Waals surface area contributed by atoms with Gasteiger partial charge in [-0.25, -0.2) is 4.79 Å². The fourth-order valence-corrected chi connectivity index (χ4v) is 3.20. The standard InChI is InChI=1S/C23H15ClO4/c24-19-11-18-17(15-7-3-1-4-8-15)12-23(26)28-21(18)13-22(19)27-14-20(25)16-9-5-2-6-10-16/h1-13H,14H2. The van der Waals surface area contributed by atoms with E-state index in [1.165, 1.54) is 6.07 Å². The Bertz CT molecular complexity index is 1200. The van der Waals surface area contributed by atoms with E-state index >= 15 is 0 Å². The van der Waals surface area contributed by atoms with Gasteiger partial charge in [-0.1, -0.05) is 72.3 Å². The first-order valence-electron chi connectivity index (χ1n) is 8.66. The number of rotatable bonds is 5. The van der Waals surface area contributed by atoms with Crippen LogP contribution in [0.4, 0.5) is 0 Å². The molecule has 0 radical (unpaired) electrons. The van der Waals surface area contributed by atoms with Gasteiger partial charge in [-0.3, -0.25) is 4.79 Å². The number of halogens is 1. The molecule has 0 N–H and O–H groups in total. The minimum atomic E-state index is -0.472. The van der Waals surface area contributed by atoms with E-state index < -0.39 is 5.63 Å². The van der Waals surface area contributed by atoms with Gasteiger partial charge in [-0.05, 0) is 17.2 Å². The van der Waals surface area contributed by atoms with E-state index in [0.717, 1.165) is 11.1 Å². The maximum Gasteiger partial charge on any atom is 0.336 e. The molecule has 1 aromatic heterocycles. The van der Waals surface area contributed by atoms with Crippen LogP contribution < -0.4 is 10.4 Å². The summed E-state index contributed by atoms with van der Waals surface area (Å²) < 4.78 is 10.9. The lowest BCUT2D eigenvalue weighted by atomic mass is 10.0. The molecule has 1 heterocycles. The van der Waals surface area contributed by atoms with E-state index in [0.29, 0.717) is 21.6 Å². The highest BCUT2D eigenvalue weighted by Gasteiger charge is 2.14. The van der Waals surface area contributed by atoms with Crippen molar-refractivity contribution in [3.63, 3.8) is 0 Å². The van der Waals surface area contributed by atoms with E-state index in [1.807, 2.05) is 36.4 Å². The normalized spacial score (nSPS) is 10.8. The molecule has 0 bridgehead atoms. The van der Waals surface area contributed by atoms with Gasteiger partial charge < -0.3 is 9.15 Å². The summed E-state index contributed by atoms with van der Waals surface area (Å²) in [5.41, 5.74) is 2.03. The zero-order valence-electron chi connectivity index (χ0n) is 14.7. The van der Waals surface area contributed by atoms with E-state index in [2.05, 4.69) is 0 Å². The first-order valence-corrected chi connectivity index (χ1v) is 9.03. The second-order valence-corrected chi connectivity index (χ2v) is 6.61. The first kappa shape index (κ1) is 18.0. The van der Waals surface area contributed by atoms with E-state index in [4.69, 9.17) is 20.8 Å². The summed E-state index contributed by atoms with van der Waals surface area (Å²) in [6, 6.07) is 23.0. The van der Waals surface area contributed by atoms with Crippen molar-refractivity contribution in [2.75, 3.05) is 6.61 Å². The van der Waals surface area contributed by atoms with Gasteiger partial charge in [0.1, 0.15) is 11.3 Å². The Labute approximate surface area is 166 Å². The SMILES string of the molecule is O=C(COc1cc2oc(=O)cc(-c3ccccc3)c2cc1Cl)c1ccccc1. The predicted octanol–water partition coefficient (Wildman–Crippen LogP) is 5.38. The zero-order chi connectivity index (χ0) is 19.5. The molecular weight excluding hydrogens is 376 g/mol. The Hall–Kier alpha value is -3.37. The summed E-state index contributed by atoms with van der Waals surface area (Å²) in [6.07, 6.45) is 0. The third-order valence-corrected chi connectivity index (χ3v) is 4.63. The summed E-state index contributed by atoms with van der Waals surface area (Å²) in [5.74, 6) is 0.114. The smallest absolute Gasteiger partial charge is 0.336 e. The largest absolute Gasteiger partial charge is 0.484 e. The number of ketones is 1. The second-order valence-electron chi connectivity index (χ2n) is 6.20. The van der Waals surface area contributed by atoms with Gasteiger partial charge in [-0.15, -0.1) is 0 Å². The number of hydrogen-bond donors (Lipinski definition) is 0. The van der Waals surface area contributed by atoms with Gasteiger partial charge in [0.05, 0.1) is 5.02 Å². The molecule has 4 nitrogen and oxygen atoms in total. The van der Waals surface area contributed by atoms with Gasteiger partial charge in [0.2, 0.25) is 0 Å². The minimum absolute atomic E-state index is 0.169. The van der Waals surface area contributed by atoms with Crippen molar-refractivity contribution in [2.45, 2.75) is 0 Å². The summed E-state index contributed by atoms with van der Waals surface area (Å²) in [5, 5.41) is 1.02. The predicted molar refractivity (Wildman–Crippen MR) is 109 cm³/mol. The van der Waals surface area contributed by atoms with Gasteiger partial charge in [0.25, 0.3) is 0 Å². The summed E-state index contributed by atoms with van der Waals surface area (Å²) in [4.78, 5) is 24.3. The van der Waals surface area contributed by atoms with E-state index in [9.17, 15) is 9.59 Å². The Morgan fingerprint density at radius 2 is 1.61 bits per heavy atom.